The van der Waals surface area contributed by atoms with E-state index in [1.54, 1.807) is 7.11 Å². The zero-order chi connectivity index (χ0) is 61.8. The van der Waals surface area contributed by atoms with Crippen molar-refractivity contribution >= 4 is 25.0 Å². The molecule has 5 fully saturated rings. The van der Waals surface area contributed by atoms with Gasteiger partial charge in [-0.05, 0) is 153 Å². The van der Waals surface area contributed by atoms with E-state index in [0.717, 1.165) is 67.4 Å². The molecular weight excluding hydrogens is 1090 g/mol. The van der Waals surface area contributed by atoms with Crippen LogP contribution in [0, 0.1) is 23.7 Å². The van der Waals surface area contributed by atoms with Gasteiger partial charge in [-0.15, -0.1) is 6.58 Å². The van der Waals surface area contributed by atoms with Crippen molar-refractivity contribution in [1.29, 1.82) is 0 Å². The van der Waals surface area contributed by atoms with Crippen molar-refractivity contribution in [2.45, 2.75) is 320 Å². The Morgan fingerprint density at radius 3 is 1.88 bits per heavy atom. The van der Waals surface area contributed by atoms with Gasteiger partial charge in [0, 0.05) is 18.3 Å². The van der Waals surface area contributed by atoms with Crippen LogP contribution in [-0.2, 0) is 48.3 Å². The van der Waals surface area contributed by atoms with Crippen LogP contribution in [0.25, 0.3) is 0 Å². The molecule has 1 aromatic rings. The molecule has 3 unspecified atom stereocenters. The van der Waals surface area contributed by atoms with Gasteiger partial charge in [0.15, 0.2) is 25.0 Å². The molecule has 474 valence electrons. The molecule has 5 aliphatic rings. The molecule has 14 heteroatoms. The lowest BCUT2D eigenvalue weighted by molar-refractivity contribution is -0.269. The Morgan fingerprint density at radius 1 is 0.675 bits per heavy atom. The van der Waals surface area contributed by atoms with E-state index in [4.69, 9.17) is 46.4 Å². The molecular formula is C69H120O11Si3. The first-order valence-corrected chi connectivity index (χ1v) is 41.1. The summed E-state index contributed by atoms with van der Waals surface area (Å²) in [6.45, 7) is 59.8. The molecule has 0 radical (unpaired) electrons. The Labute approximate surface area is 509 Å². The topological polar surface area (TPSA) is 113 Å². The minimum Gasteiger partial charge on any atom is -0.497 e. The van der Waals surface area contributed by atoms with Crippen LogP contribution in [0.3, 0.4) is 0 Å². The van der Waals surface area contributed by atoms with Crippen molar-refractivity contribution in [1.82, 2.24) is 0 Å². The maximum Gasteiger partial charge on any atom is 0.193 e. The van der Waals surface area contributed by atoms with Crippen LogP contribution >= 0.6 is 0 Å². The number of fused-ring (bicyclic) bond motifs is 1. The van der Waals surface area contributed by atoms with Gasteiger partial charge in [0.1, 0.15) is 11.9 Å². The minimum absolute atomic E-state index is 0.00669. The largest absolute Gasteiger partial charge is 0.497 e. The van der Waals surface area contributed by atoms with Crippen molar-refractivity contribution in [3.05, 3.63) is 78.9 Å². The van der Waals surface area contributed by atoms with Gasteiger partial charge < -0.3 is 51.5 Å². The number of aliphatic hydroxyl groups excluding tert-OH is 1. The Kier molecular flexibility index (Phi) is 24.4. The number of rotatable bonds is 25. The van der Waals surface area contributed by atoms with E-state index in [1.165, 1.54) is 0 Å². The van der Waals surface area contributed by atoms with E-state index in [-0.39, 0.29) is 100 Å². The van der Waals surface area contributed by atoms with Crippen LogP contribution < -0.4 is 4.74 Å². The number of benzene rings is 1. The van der Waals surface area contributed by atoms with Crippen molar-refractivity contribution in [2.24, 2.45) is 23.7 Å². The van der Waals surface area contributed by atoms with Crippen LogP contribution in [0.2, 0.25) is 54.4 Å². The molecule has 5 saturated heterocycles. The lowest BCUT2D eigenvalue weighted by Crippen LogP contribution is -2.65. The van der Waals surface area contributed by atoms with Crippen molar-refractivity contribution < 1.29 is 51.5 Å². The second kappa shape index (κ2) is 28.8. The molecule has 1 N–H and O–H groups in total. The first kappa shape index (κ1) is 70.3. The normalized spacial score (nSPS) is 34.2. The molecule has 0 saturated carbocycles. The molecule has 0 spiro atoms. The van der Waals surface area contributed by atoms with E-state index in [0.29, 0.717) is 44.1 Å². The number of methoxy groups -OCH3 is 1. The quantitative estimate of drug-likeness (QED) is 0.0746. The third kappa shape index (κ3) is 17.8. The van der Waals surface area contributed by atoms with Gasteiger partial charge in [-0.25, -0.2) is 0 Å². The van der Waals surface area contributed by atoms with E-state index < -0.39 is 43.3 Å². The summed E-state index contributed by atoms with van der Waals surface area (Å²) in [5, 5.41) is 11.8. The van der Waals surface area contributed by atoms with Gasteiger partial charge in [-0.2, -0.15) is 0 Å². The van der Waals surface area contributed by atoms with E-state index in [9.17, 15) is 5.11 Å². The predicted octanol–water partition coefficient (Wildman–Crippen LogP) is 16.7. The average Bonchev–Trinajstić information content (AvgIpc) is 2.38. The van der Waals surface area contributed by atoms with Gasteiger partial charge in [0.05, 0.1) is 99.2 Å². The minimum atomic E-state index is -2.41. The van der Waals surface area contributed by atoms with Gasteiger partial charge in [0.25, 0.3) is 0 Å². The molecule has 5 aliphatic heterocycles. The van der Waals surface area contributed by atoms with Crippen LogP contribution in [0.5, 0.6) is 5.75 Å². The summed E-state index contributed by atoms with van der Waals surface area (Å²) in [5.74, 6) is 1.75. The SMILES string of the molecule is C=CC[C@@H]1O[C@@H]([C@H](/C=C/C(O)CC[C@H]2CC(=C)C(CC[C@H]3C[C@@H](C)C(=C)C(C[C@@H]4O[C@H]5C[C@@H](C)[C@@H](CCC)O[C@H]5[C@H](C)[C@H]4OCc4ccc(OC)cc4)O3)O2)O[Si](C)(C)C(C)(C)C)[C@@H](O[Si](C)(C)C(C)(C)C)[C@@H](O[Si](C)(C)C(C)(C)C)[C@H]1C. The van der Waals surface area contributed by atoms with Crippen LogP contribution in [-0.4, -0.2) is 129 Å². The fourth-order valence-electron chi connectivity index (χ4n) is 12.5. The summed E-state index contributed by atoms with van der Waals surface area (Å²) < 4.78 is 70.1. The average molecular weight is 1210 g/mol. The van der Waals surface area contributed by atoms with E-state index >= 15 is 0 Å². The summed E-state index contributed by atoms with van der Waals surface area (Å²) in [7, 11) is -5.39. The number of hydrogen-bond acceptors (Lipinski definition) is 11. The second-order valence-corrected chi connectivity index (χ2v) is 45.1. The second-order valence-electron chi connectivity index (χ2n) is 30.8. The Bertz CT molecular complexity index is 2260. The molecule has 0 aliphatic carbocycles. The first-order valence-electron chi connectivity index (χ1n) is 32.4. The van der Waals surface area contributed by atoms with Crippen molar-refractivity contribution in [3.63, 3.8) is 0 Å². The number of ether oxygens (including phenoxy) is 7. The smallest absolute Gasteiger partial charge is 0.193 e. The molecule has 19 atom stereocenters. The molecule has 0 bridgehead atoms. The van der Waals surface area contributed by atoms with E-state index in [2.05, 4.69) is 174 Å². The van der Waals surface area contributed by atoms with Crippen LogP contribution in [0.1, 0.15) is 173 Å². The summed E-state index contributed by atoms with van der Waals surface area (Å²) in [6, 6.07) is 8.12. The van der Waals surface area contributed by atoms with Gasteiger partial charge in [-0.3, -0.25) is 0 Å². The molecule has 6 rings (SSSR count). The maximum absolute atomic E-state index is 11.9. The molecule has 5 heterocycles. The molecule has 83 heavy (non-hydrogen) atoms. The lowest BCUT2D eigenvalue weighted by Gasteiger charge is -2.54. The highest BCUT2D eigenvalue weighted by atomic mass is 28.4. The highest BCUT2D eigenvalue weighted by Gasteiger charge is 2.56. The maximum atomic E-state index is 11.9. The van der Waals surface area contributed by atoms with Gasteiger partial charge in [0.2, 0.25) is 0 Å². The lowest BCUT2D eigenvalue weighted by atomic mass is 9.78. The highest BCUT2D eigenvalue weighted by Crippen LogP contribution is 2.48. The third-order valence-electron chi connectivity index (χ3n) is 21.2. The summed E-state index contributed by atoms with van der Waals surface area (Å²) >= 11 is 0. The standard InChI is InChI=1S/C69H120O11Si3/c1-25-27-55-46(5)41-60-63(76-55)49(8)62(72-43-50-29-33-52(71-18)34-30-50)61(75-60)42-59-47(6)44(3)39-54(74-59)36-38-56-45(4)40-53(73-56)35-31-51(70)32-37-58(78-81(19,20)67(9,10)11)65-66(80-83(23,24)69(15,16)17)64(48(7)57(77-65)28-26-2)79-82(21,22)68(12,13)14/h26,29-30,32-34,37,44,46,48-49,51,53-66,70H,2,4,6,25,27-28,31,35-36,38-43H2,1,3,5,7-24H3/b37-32+/t44-,46-,48+,49-,51?,53+,54+,55-,56?,57+,58+,59?,60+,61+,62-,63+,64+,65+,66+/m1/s1. The summed E-state index contributed by atoms with van der Waals surface area (Å²) in [5.41, 5.74) is 3.35. The molecule has 1 aromatic carbocycles. The number of hydrogen-bond donors (Lipinski definition) is 1. The van der Waals surface area contributed by atoms with E-state index in [1.807, 2.05) is 24.3 Å². The summed E-state index contributed by atoms with van der Waals surface area (Å²) in [6.07, 6.45) is 12.4. The monoisotopic (exact) mass is 1210 g/mol. The fourth-order valence-corrected chi connectivity index (χ4v) is 16.4. The van der Waals surface area contributed by atoms with Crippen LogP contribution in [0.15, 0.2) is 73.4 Å². The fraction of sp³-hybridized carbons (Fsp3) is 0.797. The third-order valence-corrected chi connectivity index (χ3v) is 34.6. The Morgan fingerprint density at radius 2 is 1.29 bits per heavy atom. The van der Waals surface area contributed by atoms with Crippen molar-refractivity contribution in [3.8, 4) is 5.75 Å². The van der Waals surface area contributed by atoms with Gasteiger partial charge >= 0.3 is 0 Å². The van der Waals surface area contributed by atoms with Crippen LogP contribution in [0.4, 0.5) is 0 Å². The molecule has 0 aromatic heterocycles. The molecule has 11 nitrogen and oxygen atoms in total. The van der Waals surface area contributed by atoms with Gasteiger partial charge in [-0.1, -0.05) is 147 Å². The first-order chi connectivity index (χ1) is 38.5. The predicted molar refractivity (Wildman–Crippen MR) is 348 cm³/mol. The molecule has 0 amide bonds. The number of aliphatic hydroxyl groups is 1. The summed E-state index contributed by atoms with van der Waals surface area (Å²) in [4.78, 5) is 0. The van der Waals surface area contributed by atoms with Crippen molar-refractivity contribution in [2.75, 3.05) is 7.11 Å². The highest BCUT2D eigenvalue weighted by molar-refractivity contribution is 6.75. The zero-order valence-corrected chi connectivity index (χ0v) is 59.1. The Balaban J connectivity index is 1.13. The Hall–Kier alpha value is -1.77. The zero-order valence-electron chi connectivity index (χ0n) is 56.1.